The van der Waals surface area contributed by atoms with Crippen LogP contribution in [0.1, 0.15) is 40.9 Å². The van der Waals surface area contributed by atoms with Crippen LogP contribution in [0.4, 0.5) is 0 Å². The molecule has 0 saturated carbocycles. The lowest BCUT2D eigenvalue weighted by atomic mass is 10.1. The number of carbonyl (C=O) groups is 1. The van der Waals surface area contributed by atoms with Gasteiger partial charge in [-0.1, -0.05) is 18.0 Å². The van der Waals surface area contributed by atoms with Crippen molar-refractivity contribution in [2.45, 2.75) is 38.8 Å². The van der Waals surface area contributed by atoms with Gasteiger partial charge in [-0.2, -0.15) is 5.26 Å². The number of Topliss-reactive ketones (excluding diaryl/α,β-unsaturated/α-hetero) is 1. The summed E-state index contributed by atoms with van der Waals surface area (Å²) in [6, 6.07) is 8.78. The predicted molar refractivity (Wildman–Crippen MR) is 102 cm³/mol. The summed E-state index contributed by atoms with van der Waals surface area (Å²) in [6.45, 7) is 0.589. The SMILES string of the molecule is N#Cc1c2n(c3c(=O)n(CC(=O)c4ccc(Cl)cc4)cnc13)CCCCC2. The average Bonchev–Trinajstić information content (AvgIpc) is 2.80. The Kier molecular flexibility index (Phi) is 4.54. The molecule has 3 heterocycles. The third kappa shape index (κ3) is 3.04. The van der Waals surface area contributed by atoms with Crippen molar-refractivity contribution >= 4 is 28.4 Å². The van der Waals surface area contributed by atoms with E-state index in [0.717, 1.165) is 31.4 Å². The molecule has 0 bridgehead atoms. The van der Waals surface area contributed by atoms with Gasteiger partial charge in [0.25, 0.3) is 5.56 Å². The fraction of sp³-hybridized carbons (Fsp3) is 0.300. The summed E-state index contributed by atoms with van der Waals surface area (Å²) in [6.07, 6.45) is 5.15. The molecule has 7 heteroatoms. The maximum absolute atomic E-state index is 13.1. The lowest BCUT2D eigenvalue weighted by Gasteiger charge is -2.08. The molecule has 4 rings (SSSR count). The molecule has 0 unspecified atom stereocenters. The lowest BCUT2D eigenvalue weighted by molar-refractivity contribution is 0.0970. The standard InChI is InChI=1S/C20H17ClN4O2/c21-14-7-5-13(6-8-14)17(26)11-24-12-23-18-15(10-22)16-4-2-1-3-9-25(16)19(18)20(24)27/h5-8,12H,1-4,9,11H2. The van der Waals surface area contributed by atoms with Gasteiger partial charge < -0.3 is 4.57 Å². The first-order chi connectivity index (χ1) is 13.1. The largest absolute Gasteiger partial charge is 0.337 e. The third-order valence-electron chi connectivity index (χ3n) is 5.02. The highest BCUT2D eigenvalue weighted by atomic mass is 35.5. The number of aromatic nitrogens is 3. The Morgan fingerprint density at radius 2 is 2.00 bits per heavy atom. The van der Waals surface area contributed by atoms with Crippen LogP contribution in [0.25, 0.3) is 11.0 Å². The Bertz CT molecular complexity index is 1140. The second kappa shape index (κ2) is 7.01. The number of rotatable bonds is 3. The molecule has 1 aliphatic rings. The zero-order valence-electron chi connectivity index (χ0n) is 14.6. The molecular weight excluding hydrogens is 364 g/mol. The molecule has 136 valence electrons. The van der Waals surface area contributed by atoms with Gasteiger partial charge in [0.15, 0.2) is 5.78 Å². The molecule has 27 heavy (non-hydrogen) atoms. The fourth-order valence-electron chi connectivity index (χ4n) is 3.67. The van der Waals surface area contributed by atoms with E-state index >= 15 is 0 Å². The lowest BCUT2D eigenvalue weighted by Crippen LogP contribution is -2.26. The van der Waals surface area contributed by atoms with E-state index in [0.29, 0.717) is 33.7 Å². The summed E-state index contributed by atoms with van der Waals surface area (Å²) in [5, 5.41) is 10.1. The van der Waals surface area contributed by atoms with Gasteiger partial charge in [0.05, 0.1) is 18.4 Å². The molecule has 1 aromatic carbocycles. The zero-order valence-corrected chi connectivity index (χ0v) is 15.4. The summed E-state index contributed by atoms with van der Waals surface area (Å²) in [4.78, 5) is 30.0. The summed E-state index contributed by atoms with van der Waals surface area (Å²) >= 11 is 5.86. The molecule has 2 aromatic heterocycles. The average molecular weight is 381 g/mol. The number of halogens is 1. The van der Waals surface area contributed by atoms with E-state index < -0.39 is 0 Å². The topological polar surface area (TPSA) is 80.7 Å². The Morgan fingerprint density at radius 1 is 1.22 bits per heavy atom. The molecule has 3 aromatic rings. The zero-order chi connectivity index (χ0) is 19.0. The minimum absolute atomic E-state index is 0.105. The molecular formula is C20H17ClN4O2. The number of hydrogen-bond donors (Lipinski definition) is 0. The quantitative estimate of drug-likeness (QED) is 0.652. The van der Waals surface area contributed by atoms with Crippen LogP contribution in [0.2, 0.25) is 5.02 Å². The minimum Gasteiger partial charge on any atom is -0.337 e. The number of nitriles is 1. The highest BCUT2D eigenvalue weighted by Gasteiger charge is 2.23. The molecule has 0 atom stereocenters. The predicted octanol–water partition coefficient (Wildman–Crippen LogP) is 3.33. The van der Waals surface area contributed by atoms with Crippen LogP contribution in [-0.2, 0) is 19.5 Å². The van der Waals surface area contributed by atoms with Crippen molar-refractivity contribution in [3.05, 3.63) is 62.8 Å². The minimum atomic E-state index is -0.285. The number of carbonyl (C=O) groups excluding carboxylic acids is 1. The van der Waals surface area contributed by atoms with E-state index in [9.17, 15) is 14.9 Å². The van der Waals surface area contributed by atoms with E-state index in [1.165, 1.54) is 10.9 Å². The van der Waals surface area contributed by atoms with Crippen LogP contribution in [0.3, 0.4) is 0 Å². The monoisotopic (exact) mass is 380 g/mol. The molecule has 0 N–H and O–H groups in total. The van der Waals surface area contributed by atoms with Crippen molar-refractivity contribution < 1.29 is 4.79 Å². The van der Waals surface area contributed by atoms with Crippen molar-refractivity contribution in [2.75, 3.05) is 0 Å². The maximum Gasteiger partial charge on any atom is 0.278 e. The number of benzene rings is 1. The van der Waals surface area contributed by atoms with Crippen molar-refractivity contribution in [3.8, 4) is 6.07 Å². The molecule has 0 saturated heterocycles. The van der Waals surface area contributed by atoms with Crippen LogP contribution in [0.5, 0.6) is 0 Å². The molecule has 0 radical (unpaired) electrons. The van der Waals surface area contributed by atoms with Crippen molar-refractivity contribution in [1.29, 1.82) is 5.26 Å². The summed E-state index contributed by atoms with van der Waals surface area (Å²) in [7, 11) is 0. The van der Waals surface area contributed by atoms with E-state index in [-0.39, 0.29) is 17.9 Å². The van der Waals surface area contributed by atoms with Crippen molar-refractivity contribution in [2.24, 2.45) is 0 Å². The Morgan fingerprint density at radius 3 is 2.74 bits per heavy atom. The summed E-state index contributed by atoms with van der Waals surface area (Å²) in [5.74, 6) is -0.196. The van der Waals surface area contributed by atoms with Gasteiger partial charge in [0.2, 0.25) is 0 Å². The molecule has 0 amide bonds. The Balaban J connectivity index is 1.79. The first kappa shape index (κ1) is 17.5. The van der Waals surface area contributed by atoms with Crippen LogP contribution in [0, 0.1) is 11.3 Å². The smallest absolute Gasteiger partial charge is 0.278 e. The summed E-state index contributed by atoms with van der Waals surface area (Å²) < 4.78 is 3.25. The van der Waals surface area contributed by atoms with Crippen LogP contribution < -0.4 is 5.56 Å². The highest BCUT2D eigenvalue weighted by Crippen LogP contribution is 2.26. The number of hydrogen-bond acceptors (Lipinski definition) is 4. The third-order valence-corrected chi connectivity index (χ3v) is 5.27. The molecule has 6 nitrogen and oxygen atoms in total. The Hall–Kier alpha value is -2.91. The van der Waals surface area contributed by atoms with Crippen LogP contribution >= 0.6 is 11.6 Å². The summed E-state index contributed by atoms with van der Waals surface area (Å²) in [5.41, 5.74) is 2.44. The van der Waals surface area contributed by atoms with Crippen molar-refractivity contribution in [1.82, 2.24) is 14.1 Å². The molecule has 0 aliphatic carbocycles. The van der Waals surface area contributed by atoms with Crippen LogP contribution in [0.15, 0.2) is 35.4 Å². The van der Waals surface area contributed by atoms with Gasteiger partial charge in [0.1, 0.15) is 17.1 Å². The Labute approximate surface area is 160 Å². The van der Waals surface area contributed by atoms with E-state index in [1.54, 1.807) is 24.3 Å². The first-order valence-electron chi connectivity index (χ1n) is 8.89. The van der Waals surface area contributed by atoms with E-state index in [1.807, 2.05) is 4.57 Å². The van der Waals surface area contributed by atoms with Crippen molar-refractivity contribution in [3.63, 3.8) is 0 Å². The van der Waals surface area contributed by atoms with Gasteiger partial charge in [-0.3, -0.25) is 14.2 Å². The maximum atomic E-state index is 13.1. The highest BCUT2D eigenvalue weighted by molar-refractivity contribution is 6.30. The van der Waals surface area contributed by atoms with E-state index in [2.05, 4.69) is 11.1 Å². The van der Waals surface area contributed by atoms with Gasteiger partial charge in [-0.15, -0.1) is 0 Å². The second-order valence-corrected chi connectivity index (χ2v) is 7.14. The van der Waals surface area contributed by atoms with Crippen LogP contribution in [-0.4, -0.2) is 19.9 Å². The molecule has 1 aliphatic heterocycles. The number of ketones is 1. The fourth-order valence-corrected chi connectivity index (χ4v) is 3.79. The second-order valence-electron chi connectivity index (χ2n) is 6.70. The van der Waals surface area contributed by atoms with Gasteiger partial charge in [-0.25, -0.2) is 4.98 Å². The first-order valence-corrected chi connectivity index (χ1v) is 9.27. The number of fused-ring (bicyclic) bond motifs is 3. The number of nitrogens with zero attached hydrogens (tertiary/aromatic N) is 4. The molecule has 0 fully saturated rings. The number of aryl methyl sites for hydroxylation is 1. The van der Waals surface area contributed by atoms with Gasteiger partial charge in [-0.05, 0) is 43.5 Å². The van der Waals surface area contributed by atoms with Gasteiger partial charge in [0, 0.05) is 22.8 Å². The normalized spacial score (nSPS) is 13.8. The van der Waals surface area contributed by atoms with Gasteiger partial charge >= 0.3 is 0 Å². The van der Waals surface area contributed by atoms with E-state index in [4.69, 9.17) is 11.6 Å². The molecule has 0 spiro atoms.